The van der Waals surface area contributed by atoms with Crippen molar-refractivity contribution in [2.45, 2.75) is 32.0 Å². The summed E-state index contributed by atoms with van der Waals surface area (Å²) in [5.74, 6) is 0.329. The Bertz CT molecular complexity index is 941. The molecular formula is C21H19ClN2O3. The molecule has 27 heavy (non-hydrogen) atoms. The number of allylic oxidation sites excluding steroid dienone is 1. The van der Waals surface area contributed by atoms with Gasteiger partial charge in [-0.3, -0.25) is 9.59 Å². The molecule has 1 saturated heterocycles. The van der Waals surface area contributed by atoms with E-state index in [1.807, 2.05) is 30.3 Å². The van der Waals surface area contributed by atoms with E-state index >= 15 is 0 Å². The van der Waals surface area contributed by atoms with Crippen molar-refractivity contribution in [1.82, 2.24) is 10.2 Å². The molecule has 2 heterocycles. The van der Waals surface area contributed by atoms with Gasteiger partial charge in [-0.1, -0.05) is 42.4 Å². The minimum Gasteiger partial charge on any atom is -0.488 e. The first-order chi connectivity index (χ1) is 13.0. The molecule has 2 aliphatic rings. The summed E-state index contributed by atoms with van der Waals surface area (Å²) in [7, 11) is 0. The number of nitrogens with one attached hydrogen (secondary N) is 1. The Balaban J connectivity index is 1.55. The molecule has 1 fully saturated rings. The molecular weight excluding hydrogens is 364 g/mol. The summed E-state index contributed by atoms with van der Waals surface area (Å²) in [4.78, 5) is 26.8. The average molecular weight is 383 g/mol. The molecule has 1 N–H and O–H groups in total. The van der Waals surface area contributed by atoms with E-state index in [9.17, 15) is 9.59 Å². The van der Waals surface area contributed by atoms with Crippen LogP contribution in [0.2, 0.25) is 5.02 Å². The number of hydrogen-bond donors (Lipinski definition) is 1. The van der Waals surface area contributed by atoms with Gasteiger partial charge in [0.15, 0.2) is 0 Å². The van der Waals surface area contributed by atoms with Crippen LogP contribution in [-0.2, 0) is 17.9 Å². The van der Waals surface area contributed by atoms with Crippen LogP contribution < -0.4 is 10.1 Å². The van der Waals surface area contributed by atoms with E-state index < -0.39 is 6.04 Å². The maximum absolute atomic E-state index is 12.9. The van der Waals surface area contributed by atoms with E-state index in [0.29, 0.717) is 48.0 Å². The predicted octanol–water partition coefficient (Wildman–Crippen LogP) is 3.67. The average Bonchev–Trinajstić information content (AvgIpc) is 2.98. The normalized spacial score (nSPS) is 19.1. The molecule has 138 valence electrons. The number of ether oxygens (including phenoxy) is 1. The van der Waals surface area contributed by atoms with Gasteiger partial charge < -0.3 is 15.0 Å². The van der Waals surface area contributed by atoms with E-state index in [1.165, 1.54) is 0 Å². The van der Waals surface area contributed by atoms with Gasteiger partial charge in [-0.05, 0) is 31.0 Å². The molecule has 0 bridgehead atoms. The molecule has 2 aromatic rings. The standard InChI is InChI=1S/C21H19ClN2O3/c1-13-9-10-18(20(25)23-13)24-11-16-15(21(24)26)6-4-8-19(16)27-12-14-5-2-3-7-17(14)22/h2-8,18H,1,9-12H2,(H,23,25). The highest BCUT2D eigenvalue weighted by atomic mass is 35.5. The molecule has 0 radical (unpaired) electrons. The highest BCUT2D eigenvalue weighted by molar-refractivity contribution is 6.31. The molecule has 6 heteroatoms. The topological polar surface area (TPSA) is 58.6 Å². The van der Waals surface area contributed by atoms with Crippen LogP contribution in [-0.4, -0.2) is 22.8 Å². The van der Waals surface area contributed by atoms with Crippen LogP contribution in [0.1, 0.15) is 34.3 Å². The number of carbonyl (C=O) groups excluding carboxylic acids is 2. The van der Waals surface area contributed by atoms with Gasteiger partial charge in [0.25, 0.3) is 5.91 Å². The van der Waals surface area contributed by atoms with E-state index in [1.54, 1.807) is 17.0 Å². The smallest absolute Gasteiger partial charge is 0.255 e. The Morgan fingerprint density at radius 2 is 2.00 bits per heavy atom. The van der Waals surface area contributed by atoms with E-state index in [0.717, 1.165) is 11.1 Å². The second-order valence-corrected chi connectivity index (χ2v) is 7.15. The summed E-state index contributed by atoms with van der Waals surface area (Å²) in [5.41, 5.74) is 2.97. The van der Waals surface area contributed by atoms with Crippen molar-refractivity contribution in [3.8, 4) is 5.75 Å². The van der Waals surface area contributed by atoms with Gasteiger partial charge in [0.2, 0.25) is 5.91 Å². The molecule has 2 amide bonds. The lowest BCUT2D eigenvalue weighted by Crippen LogP contribution is -2.49. The second-order valence-electron chi connectivity index (χ2n) is 6.74. The van der Waals surface area contributed by atoms with E-state index in [4.69, 9.17) is 16.3 Å². The van der Waals surface area contributed by atoms with Crippen LogP contribution >= 0.6 is 11.6 Å². The van der Waals surface area contributed by atoms with Gasteiger partial charge in [0, 0.05) is 27.4 Å². The minimum atomic E-state index is -0.480. The summed E-state index contributed by atoms with van der Waals surface area (Å²) in [6, 6.07) is 12.4. The van der Waals surface area contributed by atoms with Gasteiger partial charge in [-0.2, -0.15) is 0 Å². The Morgan fingerprint density at radius 3 is 2.78 bits per heavy atom. The zero-order valence-electron chi connectivity index (χ0n) is 14.7. The fraction of sp³-hybridized carbons (Fsp3) is 0.238. The third-order valence-corrected chi connectivity index (χ3v) is 5.36. The fourth-order valence-corrected chi connectivity index (χ4v) is 3.73. The van der Waals surface area contributed by atoms with Crippen molar-refractivity contribution < 1.29 is 14.3 Å². The highest BCUT2D eigenvalue weighted by Gasteiger charge is 2.39. The van der Waals surface area contributed by atoms with Gasteiger partial charge in [-0.15, -0.1) is 0 Å². The molecule has 2 aliphatic heterocycles. The Labute approximate surface area is 162 Å². The number of benzene rings is 2. The summed E-state index contributed by atoms with van der Waals surface area (Å²) < 4.78 is 5.97. The zero-order chi connectivity index (χ0) is 19.0. The number of fused-ring (bicyclic) bond motifs is 1. The van der Waals surface area contributed by atoms with Crippen molar-refractivity contribution >= 4 is 23.4 Å². The van der Waals surface area contributed by atoms with Gasteiger partial charge in [-0.25, -0.2) is 0 Å². The molecule has 4 rings (SSSR count). The summed E-state index contributed by atoms with van der Waals surface area (Å²) in [6.07, 6.45) is 1.26. The van der Waals surface area contributed by atoms with E-state index in [-0.39, 0.29) is 11.8 Å². The maximum Gasteiger partial charge on any atom is 0.255 e. The van der Waals surface area contributed by atoms with Gasteiger partial charge in [0.05, 0.1) is 6.54 Å². The number of carbonyl (C=O) groups is 2. The first-order valence-corrected chi connectivity index (χ1v) is 9.20. The fourth-order valence-electron chi connectivity index (χ4n) is 3.54. The van der Waals surface area contributed by atoms with Crippen molar-refractivity contribution in [2.24, 2.45) is 0 Å². The number of amides is 2. The van der Waals surface area contributed by atoms with Crippen LogP contribution in [0.4, 0.5) is 0 Å². The van der Waals surface area contributed by atoms with Crippen LogP contribution in [0.3, 0.4) is 0 Å². The summed E-state index contributed by atoms with van der Waals surface area (Å²) in [6.45, 7) is 4.46. The first kappa shape index (κ1) is 17.6. The summed E-state index contributed by atoms with van der Waals surface area (Å²) >= 11 is 6.19. The Kier molecular flexibility index (Phi) is 4.62. The van der Waals surface area contributed by atoms with Crippen molar-refractivity contribution in [1.29, 1.82) is 0 Å². The molecule has 0 aliphatic carbocycles. The van der Waals surface area contributed by atoms with Crippen molar-refractivity contribution in [3.05, 3.63) is 76.5 Å². The lowest BCUT2D eigenvalue weighted by atomic mass is 10.0. The third kappa shape index (κ3) is 3.30. The third-order valence-electron chi connectivity index (χ3n) is 4.99. The molecule has 0 aromatic heterocycles. The lowest BCUT2D eigenvalue weighted by Gasteiger charge is -2.31. The largest absolute Gasteiger partial charge is 0.488 e. The quantitative estimate of drug-likeness (QED) is 0.877. The van der Waals surface area contributed by atoms with Crippen LogP contribution in [0, 0.1) is 0 Å². The Hall–Kier alpha value is -2.79. The molecule has 0 saturated carbocycles. The first-order valence-electron chi connectivity index (χ1n) is 8.82. The molecule has 1 unspecified atom stereocenters. The Morgan fingerprint density at radius 1 is 1.19 bits per heavy atom. The van der Waals surface area contributed by atoms with Crippen molar-refractivity contribution in [3.63, 3.8) is 0 Å². The SMILES string of the molecule is C=C1CCC(N2Cc3c(OCc4ccccc4Cl)cccc3C2=O)C(=O)N1. The molecule has 5 nitrogen and oxygen atoms in total. The minimum absolute atomic E-state index is 0.138. The lowest BCUT2D eigenvalue weighted by molar-refractivity contribution is -0.126. The zero-order valence-corrected chi connectivity index (χ0v) is 15.5. The molecule has 1 atom stereocenters. The van der Waals surface area contributed by atoms with Gasteiger partial charge in [0.1, 0.15) is 18.4 Å². The highest BCUT2D eigenvalue weighted by Crippen LogP contribution is 2.34. The number of halogens is 1. The summed E-state index contributed by atoms with van der Waals surface area (Å²) in [5, 5.41) is 3.39. The monoisotopic (exact) mass is 382 g/mol. The number of rotatable bonds is 4. The second kappa shape index (κ2) is 7.08. The van der Waals surface area contributed by atoms with Crippen LogP contribution in [0.5, 0.6) is 5.75 Å². The maximum atomic E-state index is 12.9. The van der Waals surface area contributed by atoms with E-state index in [2.05, 4.69) is 11.9 Å². The van der Waals surface area contributed by atoms with Crippen LogP contribution in [0.15, 0.2) is 54.7 Å². The predicted molar refractivity (Wildman–Crippen MR) is 102 cm³/mol. The number of piperidine rings is 1. The number of nitrogens with zero attached hydrogens (tertiary/aromatic N) is 1. The van der Waals surface area contributed by atoms with Gasteiger partial charge >= 0.3 is 0 Å². The molecule has 0 spiro atoms. The van der Waals surface area contributed by atoms with Crippen molar-refractivity contribution in [2.75, 3.05) is 0 Å². The number of hydrogen-bond acceptors (Lipinski definition) is 3. The van der Waals surface area contributed by atoms with Crippen LogP contribution in [0.25, 0.3) is 0 Å². The molecule has 2 aromatic carbocycles.